The second-order valence-corrected chi connectivity index (χ2v) is 9.05. The van der Waals surface area contributed by atoms with Gasteiger partial charge >= 0.3 is 5.97 Å². The normalized spacial score (nSPS) is 13.0. The van der Waals surface area contributed by atoms with Crippen LogP contribution in [0.25, 0.3) is 0 Å². The molecule has 7 heteroatoms. The molecule has 0 unspecified atom stereocenters. The number of hydrogen-bond donors (Lipinski definition) is 4. The highest BCUT2D eigenvalue weighted by molar-refractivity contribution is 6.71. The van der Waals surface area contributed by atoms with Gasteiger partial charge in [-0.15, -0.1) is 0 Å². The molecule has 0 bridgehead atoms. The Kier molecular flexibility index (Phi) is 6.05. The summed E-state index contributed by atoms with van der Waals surface area (Å²) in [4.78, 5) is 11.5. The van der Waals surface area contributed by atoms with Gasteiger partial charge in [-0.2, -0.15) is 0 Å². The van der Waals surface area contributed by atoms with E-state index in [2.05, 4.69) is 5.32 Å². The lowest BCUT2D eigenvalue weighted by atomic mass is 10.2. The minimum atomic E-state index is -1.85. The molecule has 0 aromatic heterocycles. The largest absolute Gasteiger partial charge is 0.519 e. The van der Waals surface area contributed by atoms with E-state index in [1.54, 1.807) is 0 Å². The van der Waals surface area contributed by atoms with Gasteiger partial charge in [0.15, 0.2) is 5.96 Å². The van der Waals surface area contributed by atoms with E-state index in [9.17, 15) is 4.79 Å². The fourth-order valence-corrected chi connectivity index (χ4v) is 1.80. The molecule has 0 aromatic rings. The van der Waals surface area contributed by atoms with Crippen LogP contribution in [0.15, 0.2) is 0 Å². The molecule has 0 saturated heterocycles. The molecule has 0 amide bonds. The average Bonchev–Trinajstić information content (AvgIpc) is 2.08. The molecular weight excluding hydrogens is 224 g/mol. The molecule has 0 radical (unpaired) electrons. The molecule has 6 nitrogen and oxygen atoms in total. The standard InChI is InChI=1S/C9H22N4O2Si/c1-16(2,3)15-8(14)7(10)5-4-6-13-9(11)12/h7H,4-6,10H2,1-3H3,(H4,11,12,13)/t7-/m0/s1. The van der Waals surface area contributed by atoms with Gasteiger partial charge in [0.25, 0.3) is 0 Å². The molecule has 94 valence electrons. The van der Waals surface area contributed by atoms with Crippen LogP contribution < -0.4 is 16.8 Å². The van der Waals surface area contributed by atoms with Gasteiger partial charge in [0.1, 0.15) is 6.04 Å². The van der Waals surface area contributed by atoms with Gasteiger partial charge in [0, 0.05) is 6.54 Å². The molecular formula is C9H22N4O2Si. The summed E-state index contributed by atoms with van der Waals surface area (Å²) in [7, 11) is -1.85. The maximum atomic E-state index is 11.5. The molecule has 0 rings (SSSR count). The Labute approximate surface area is 97.4 Å². The number of carbonyl (C=O) groups excluding carboxylic acids is 1. The Hall–Kier alpha value is -1.08. The number of guanidine groups is 1. The zero-order valence-corrected chi connectivity index (χ0v) is 11.2. The minimum Gasteiger partial charge on any atom is -0.519 e. The molecule has 0 aliphatic heterocycles. The zero-order chi connectivity index (χ0) is 12.8. The van der Waals surface area contributed by atoms with Crippen molar-refractivity contribution in [2.45, 2.75) is 38.5 Å². The van der Waals surface area contributed by atoms with E-state index in [1.165, 1.54) is 0 Å². The Bertz CT molecular complexity index is 252. The van der Waals surface area contributed by atoms with Gasteiger partial charge < -0.3 is 21.2 Å². The Balaban J connectivity index is 3.76. The van der Waals surface area contributed by atoms with Crippen molar-refractivity contribution in [2.24, 2.45) is 11.5 Å². The number of nitrogens with two attached hydrogens (primary N) is 2. The Morgan fingerprint density at radius 1 is 1.50 bits per heavy atom. The van der Waals surface area contributed by atoms with E-state index >= 15 is 0 Å². The number of nitrogens with one attached hydrogen (secondary N) is 2. The van der Waals surface area contributed by atoms with E-state index in [4.69, 9.17) is 21.3 Å². The molecule has 1 atom stereocenters. The predicted molar refractivity (Wildman–Crippen MR) is 66.6 cm³/mol. The maximum Gasteiger partial charge on any atom is 0.309 e. The minimum absolute atomic E-state index is 0.0711. The van der Waals surface area contributed by atoms with E-state index in [1.807, 2.05) is 19.6 Å². The zero-order valence-electron chi connectivity index (χ0n) is 10.2. The summed E-state index contributed by atoms with van der Waals surface area (Å²) in [5.74, 6) is -0.403. The van der Waals surface area contributed by atoms with Crippen molar-refractivity contribution >= 4 is 20.2 Å². The topological polar surface area (TPSA) is 114 Å². The van der Waals surface area contributed by atoms with Crippen LogP contribution in [-0.2, 0) is 9.22 Å². The second kappa shape index (κ2) is 6.49. The maximum absolute atomic E-state index is 11.5. The molecule has 0 heterocycles. The van der Waals surface area contributed by atoms with E-state index in [0.29, 0.717) is 19.4 Å². The third-order valence-corrected chi connectivity index (χ3v) is 2.53. The fraction of sp³-hybridized carbons (Fsp3) is 0.778. The van der Waals surface area contributed by atoms with Gasteiger partial charge in [-0.25, -0.2) is 0 Å². The third kappa shape index (κ3) is 8.24. The van der Waals surface area contributed by atoms with Gasteiger partial charge in [-0.05, 0) is 32.5 Å². The van der Waals surface area contributed by atoms with Crippen molar-refractivity contribution in [1.29, 1.82) is 5.41 Å². The summed E-state index contributed by atoms with van der Waals surface area (Å²) in [5.41, 5.74) is 10.8. The smallest absolute Gasteiger partial charge is 0.309 e. The first kappa shape index (κ1) is 14.9. The van der Waals surface area contributed by atoms with Crippen LogP contribution in [0.5, 0.6) is 0 Å². The molecule has 0 aliphatic carbocycles. The summed E-state index contributed by atoms with van der Waals surface area (Å²) in [6, 6.07) is -0.583. The fourth-order valence-electron chi connectivity index (χ4n) is 1.04. The van der Waals surface area contributed by atoms with Gasteiger partial charge in [-0.3, -0.25) is 10.2 Å². The van der Waals surface area contributed by atoms with E-state index in [0.717, 1.165) is 0 Å². The Morgan fingerprint density at radius 2 is 2.06 bits per heavy atom. The van der Waals surface area contributed by atoms with Gasteiger partial charge in [-0.1, -0.05) is 0 Å². The second-order valence-electron chi connectivity index (χ2n) is 4.62. The lowest BCUT2D eigenvalue weighted by Crippen LogP contribution is -2.40. The molecule has 0 fully saturated rings. The Morgan fingerprint density at radius 3 is 2.50 bits per heavy atom. The number of carbonyl (C=O) groups is 1. The van der Waals surface area contributed by atoms with Crippen molar-refractivity contribution in [3.8, 4) is 0 Å². The highest BCUT2D eigenvalue weighted by Crippen LogP contribution is 2.06. The van der Waals surface area contributed by atoms with Crippen LogP contribution in [0.4, 0.5) is 0 Å². The molecule has 0 spiro atoms. The molecule has 0 aromatic carbocycles. The first-order valence-corrected chi connectivity index (χ1v) is 8.69. The van der Waals surface area contributed by atoms with Crippen molar-refractivity contribution < 1.29 is 9.22 Å². The molecule has 6 N–H and O–H groups in total. The van der Waals surface area contributed by atoms with Crippen LogP contribution >= 0.6 is 0 Å². The summed E-state index contributed by atoms with van der Waals surface area (Å²) in [6.45, 7) is 6.36. The highest BCUT2D eigenvalue weighted by Gasteiger charge is 2.23. The lowest BCUT2D eigenvalue weighted by Gasteiger charge is -2.20. The van der Waals surface area contributed by atoms with Crippen LogP contribution in [0.3, 0.4) is 0 Å². The van der Waals surface area contributed by atoms with Crippen LogP contribution in [0, 0.1) is 5.41 Å². The van der Waals surface area contributed by atoms with Crippen molar-refractivity contribution in [1.82, 2.24) is 5.32 Å². The van der Waals surface area contributed by atoms with Crippen LogP contribution in [0.1, 0.15) is 12.8 Å². The van der Waals surface area contributed by atoms with Crippen molar-refractivity contribution in [2.75, 3.05) is 6.54 Å². The first-order valence-electron chi connectivity index (χ1n) is 5.28. The summed E-state index contributed by atoms with van der Waals surface area (Å²) in [5, 5.41) is 9.58. The molecule has 16 heavy (non-hydrogen) atoms. The lowest BCUT2D eigenvalue weighted by molar-refractivity contribution is -0.136. The summed E-state index contributed by atoms with van der Waals surface area (Å²) in [6.07, 6.45) is 1.21. The SMILES string of the molecule is C[Si](C)(C)OC(=O)[C@@H](N)CCCNC(=N)N. The third-order valence-electron chi connectivity index (χ3n) is 1.72. The van der Waals surface area contributed by atoms with E-state index in [-0.39, 0.29) is 11.9 Å². The summed E-state index contributed by atoms with van der Waals surface area (Å²) < 4.78 is 5.27. The van der Waals surface area contributed by atoms with Crippen molar-refractivity contribution in [3.05, 3.63) is 0 Å². The predicted octanol–water partition coefficient (Wildman–Crippen LogP) is -0.0449. The number of rotatable bonds is 6. The highest BCUT2D eigenvalue weighted by atomic mass is 28.4. The van der Waals surface area contributed by atoms with E-state index < -0.39 is 14.4 Å². The average molecular weight is 246 g/mol. The van der Waals surface area contributed by atoms with Crippen LogP contribution in [-0.4, -0.2) is 32.8 Å². The van der Waals surface area contributed by atoms with Gasteiger partial charge in [0.2, 0.25) is 8.32 Å². The van der Waals surface area contributed by atoms with Crippen LogP contribution in [0.2, 0.25) is 19.6 Å². The monoisotopic (exact) mass is 246 g/mol. The first-order chi connectivity index (χ1) is 7.22. The quantitative estimate of drug-likeness (QED) is 0.227. The number of hydrogen-bond acceptors (Lipinski definition) is 4. The van der Waals surface area contributed by atoms with Crippen molar-refractivity contribution in [3.63, 3.8) is 0 Å². The van der Waals surface area contributed by atoms with Gasteiger partial charge in [0.05, 0.1) is 0 Å². The summed E-state index contributed by atoms with van der Waals surface area (Å²) >= 11 is 0. The molecule has 0 aliphatic rings. The molecule has 0 saturated carbocycles.